The van der Waals surface area contributed by atoms with E-state index in [0.717, 1.165) is 32.1 Å². The Kier molecular flexibility index (Phi) is 36.7. The Morgan fingerprint density at radius 2 is 0.902 bits per heavy atom. The van der Waals surface area contributed by atoms with E-state index in [9.17, 15) is 19.0 Å². The Bertz CT molecular complexity index is 837. The highest BCUT2D eigenvalue weighted by atomic mass is 31.2. The van der Waals surface area contributed by atoms with Gasteiger partial charge in [-0.1, -0.05) is 168 Å². The van der Waals surface area contributed by atoms with E-state index in [1.54, 1.807) is 0 Å². The Hall–Kier alpha value is -1.03. The number of carbonyl (C=O) groups excluding carboxylic acids is 2. The molecule has 0 aromatic rings. The molecule has 2 atom stereocenters. The highest BCUT2D eigenvalue weighted by Crippen LogP contribution is 2.38. The van der Waals surface area contributed by atoms with Crippen molar-refractivity contribution >= 4 is 19.8 Å². The second-order valence-electron chi connectivity index (χ2n) is 15.4. The first kappa shape index (κ1) is 52.1. The second-order valence-corrected chi connectivity index (χ2v) is 16.8. The van der Waals surface area contributed by atoms with Crippen molar-refractivity contribution in [2.45, 2.75) is 200 Å². The average molecular weight is 752 g/mol. The predicted octanol–water partition coefficient (Wildman–Crippen LogP) is 9.79. The Morgan fingerprint density at radius 3 is 1.27 bits per heavy atom. The highest BCUT2D eigenvalue weighted by Gasteiger charge is 2.21. The van der Waals surface area contributed by atoms with Crippen molar-refractivity contribution in [3.63, 3.8) is 0 Å². The molecule has 0 saturated carbocycles. The van der Waals surface area contributed by atoms with Gasteiger partial charge in [0, 0.05) is 12.8 Å². The molecule has 0 bridgehead atoms. The third-order valence-corrected chi connectivity index (χ3v) is 10.1. The van der Waals surface area contributed by atoms with Crippen LogP contribution in [-0.2, 0) is 32.7 Å². The van der Waals surface area contributed by atoms with Crippen LogP contribution in [0.3, 0.4) is 0 Å². The monoisotopic (exact) mass is 752 g/mol. The van der Waals surface area contributed by atoms with Gasteiger partial charge < -0.3 is 33.4 Å². The van der Waals surface area contributed by atoms with Crippen LogP contribution in [0.5, 0.6) is 0 Å². The molecule has 2 unspecified atom stereocenters. The number of carbonyl (C=O) groups is 2. The van der Waals surface area contributed by atoms with Crippen molar-refractivity contribution in [1.29, 1.82) is 0 Å². The van der Waals surface area contributed by atoms with Crippen molar-refractivity contribution in [2.24, 2.45) is 0 Å². The maximum atomic E-state index is 12.6. The van der Waals surface area contributed by atoms with E-state index in [1.807, 2.05) is 21.1 Å². The molecule has 0 aliphatic carbocycles. The van der Waals surface area contributed by atoms with E-state index in [-0.39, 0.29) is 37.5 Å². The van der Waals surface area contributed by atoms with Crippen LogP contribution in [0, 0.1) is 0 Å². The molecule has 0 saturated heterocycles. The van der Waals surface area contributed by atoms with E-state index < -0.39 is 26.5 Å². The molecule has 0 heterocycles. The standard InChI is InChI=1S/C40H80NO8P.H2O/c1-6-8-10-12-14-16-18-20-22-24-26-28-30-32-39(42)46-36-38(37-48-50(44,45)47-35-34-41(3,4)5)49-40(43)33-31-29-27-25-23-21-19-17-15-13-11-9-7-2;/h38H,6-37H2,1-5H3;1H2. The molecule has 0 amide bonds. The van der Waals surface area contributed by atoms with E-state index in [0.29, 0.717) is 17.4 Å². The molecule has 0 spiro atoms. The van der Waals surface area contributed by atoms with Crippen LogP contribution in [0.25, 0.3) is 0 Å². The number of ether oxygens (including phenoxy) is 2. The Morgan fingerprint density at radius 1 is 0.549 bits per heavy atom. The van der Waals surface area contributed by atoms with E-state index >= 15 is 0 Å². The average Bonchev–Trinajstić information content (AvgIpc) is 3.06. The molecule has 0 rings (SSSR count). The molecule has 0 aromatic heterocycles. The largest absolute Gasteiger partial charge is 0.756 e. The molecule has 0 aliphatic rings. The van der Waals surface area contributed by atoms with Crippen LogP contribution in [0.2, 0.25) is 0 Å². The summed E-state index contributed by atoms with van der Waals surface area (Å²) in [6, 6.07) is 0. The van der Waals surface area contributed by atoms with Crippen molar-refractivity contribution < 1.29 is 47.5 Å². The number of phosphoric ester groups is 1. The molecule has 11 heteroatoms. The molecule has 306 valence electrons. The van der Waals surface area contributed by atoms with Crippen LogP contribution in [-0.4, -0.2) is 75.5 Å². The number of unbranched alkanes of at least 4 members (excludes halogenated alkanes) is 24. The zero-order valence-electron chi connectivity index (χ0n) is 33.9. The van der Waals surface area contributed by atoms with Gasteiger partial charge in [-0.05, 0) is 12.8 Å². The van der Waals surface area contributed by atoms with Crippen molar-refractivity contribution in [1.82, 2.24) is 0 Å². The first-order valence-corrected chi connectivity index (χ1v) is 22.2. The topological polar surface area (TPSA) is 143 Å². The van der Waals surface area contributed by atoms with Crippen LogP contribution < -0.4 is 4.89 Å². The summed E-state index contributed by atoms with van der Waals surface area (Å²) in [7, 11) is 1.18. The minimum atomic E-state index is -4.61. The normalized spacial score (nSPS) is 13.4. The van der Waals surface area contributed by atoms with E-state index in [2.05, 4.69) is 13.8 Å². The summed E-state index contributed by atoms with van der Waals surface area (Å²) < 4.78 is 33.8. The maximum absolute atomic E-state index is 12.6. The first-order valence-electron chi connectivity index (χ1n) is 20.7. The van der Waals surface area contributed by atoms with Crippen LogP contribution >= 0.6 is 7.82 Å². The number of nitrogens with zero attached hydrogens (tertiary/aromatic N) is 1. The van der Waals surface area contributed by atoms with Gasteiger partial charge in [-0.3, -0.25) is 14.2 Å². The van der Waals surface area contributed by atoms with E-state index in [4.69, 9.17) is 18.5 Å². The number of likely N-dealkylation sites (N-methyl/N-ethyl adjacent to an activating group) is 1. The number of phosphoric acid groups is 1. The smallest absolute Gasteiger partial charge is 0.306 e. The van der Waals surface area contributed by atoms with Crippen molar-refractivity contribution in [3.05, 3.63) is 0 Å². The molecule has 51 heavy (non-hydrogen) atoms. The number of quaternary nitrogens is 1. The summed E-state index contributed by atoms with van der Waals surface area (Å²) in [5, 5.41) is 0. The fourth-order valence-electron chi connectivity index (χ4n) is 5.83. The third-order valence-electron chi connectivity index (χ3n) is 9.13. The summed E-state index contributed by atoms with van der Waals surface area (Å²) in [5.74, 6) is -0.823. The van der Waals surface area contributed by atoms with Crippen molar-refractivity contribution in [3.8, 4) is 0 Å². The maximum Gasteiger partial charge on any atom is 0.306 e. The van der Waals surface area contributed by atoms with Gasteiger partial charge in [0.05, 0.1) is 27.7 Å². The third kappa shape index (κ3) is 40.0. The molecule has 0 aliphatic heterocycles. The number of rotatable bonds is 38. The van der Waals surface area contributed by atoms with Crippen LogP contribution in [0.15, 0.2) is 0 Å². The summed E-state index contributed by atoms with van der Waals surface area (Å²) in [4.78, 5) is 37.4. The van der Waals surface area contributed by atoms with Gasteiger partial charge in [-0.15, -0.1) is 0 Å². The number of esters is 2. The number of hydrogen-bond acceptors (Lipinski definition) is 8. The minimum Gasteiger partial charge on any atom is -0.756 e. The van der Waals surface area contributed by atoms with Gasteiger partial charge in [-0.25, -0.2) is 0 Å². The summed E-state index contributed by atoms with van der Waals surface area (Å²) in [6.07, 6.45) is 31.2. The Balaban J connectivity index is 0. The molecule has 0 radical (unpaired) electrons. The van der Waals surface area contributed by atoms with Gasteiger partial charge in [0.2, 0.25) is 0 Å². The minimum absolute atomic E-state index is 0. The lowest BCUT2D eigenvalue weighted by molar-refractivity contribution is -0.870. The molecule has 2 N–H and O–H groups in total. The number of hydrogen-bond donors (Lipinski definition) is 0. The predicted molar refractivity (Wildman–Crippen MR) is 207 cm³/mol. The van der Waals surface area contributed by atoms with Gasteiger partial charge in [0.25, 0.3) is 7.82 Å². The summed E-state index contributed by atoms with van der Waals surface area (Å²) >= 11 is 0. The molecule has 10 nitrogen and oxygen atoms in total. The van der Waals surface area contributed by atoms with Gasteiger partial charge >= 0.3 is 11.9 Å². The lowest BCUT2D eigenvalue weighted by Gasteiger charge is -2.28. The quantitative estimate of drug-likeness (QED) is 0.0263. The van der Waals surface area contributed by atoms with Crippen molar-refractivity contribution in [2.75, 3.05) is 47.5 Å². The fourth-order valence-corrected chi connectivity index (χ4v) is 6.56. The summed E-state index contributed by atoms with van der Waals surface area (Å²) in [5.41, 5.74) is 0. The Labute approximate surface area is 314 Å². The van der Waals surface area contributed by atoms with Gasteiger partial charge in [0.1, 0.15) is 19.8 Å². The second kappa shape index (κ2) is 36.0. The highest BCUT2D eigenvalue weighted by molar-refractivity contribution is 7.45. The lowest BCUT2D eigenvalue weighted by Crippen LogP contribution is -2.37. The fraction of sp³-hybridized carbons (Fsp3) is 0.950. The van der Waals surface area contributed by atoms with Gasteiger partial charge in [0.15, 0.2) is 6.10 Å². The van der Waals surface area contributed by atoms with Gasteiger partial charge in [-0.2, -0.15) is 0 Å². The summed E-state index contributed by atoms with van der Waals surface area (Å²) in [6.45, 7) is 4.24. The molecule has 0 aromatic carbocycles. The SMILES string of the molecule is CCCCCCCCCCCCCCCC(=O)OCC(COP(=O)([O-])OCC[N+](C)(C)C)OC(=O)CCCCCCCCCCCCCCC.O. The lowest BCUT2D eigenvalue weighted by atomic mass is 10.0. The zero-order valence-corrected chi connectivity index (χ0v) is 34.8. The van der Waals surface area contributed by atoms with Crippen LogP contribution in [0.1, 0.15) is 194 Å². The van der Waals surface area contributed by atoms with Crippen LogP contribution in [0.4, 0.5) is 0 Å². The zero-order chi connectivity index (χ0) is 37.2. The molecular formula is C40H82NO9P. The van der Waals surface area contributed by atoms with E-state index in [1.165, 1.54) is 128 Å². The molecular weight excluding hydrogens is 669 g/mol. The first-order chi connectivity index (χ1) is 24.0. The molecule has 0 fully saturated rings.